The Morgan fingerprint density at radius 3 is 2.08 bits per heavy atom. The number of carbonyl (C=O) groups excluding carboxylic acids is 2. The Morgan fingerprint density at radius 2 is 1.52 bits per heavy atom. The highest BCUT2D eigenvalue weighted by Gasteiger charge is 2.41. The lowest BCUT2D eigenvalue weighted by molar-refractivity contribution is -0.274. The normalized spacial score (nSPS) is 20.3. The van der Waals surface area contributed by atoms with E-state index in [1.54, 1.807) is 17.0 Å². The zero-order valence-corrected chi connectivity index (χ0v) is 23.4. The van der Waals surface area contributed by atoms with Gasteiger partial charge >= 0.3 is 12.4 Å². The van der Waals surface area contributed by atoms with Crippen LogP contribution in [0.5, 0.6) is 5.75 Å². The van der Waals surface area contributed by atoms with E-state index in [4.69, 9.17) is 5.73 Å². The average molecular weight is 561 g/mol. The number of amides is 3. The number of urea groups is 1. The molecule has 2 heterocycles. The van der Waals surface area contributed by atoms with E-state index in [2.05, 4.69) is 30.4 Å². The second-order valence-corrected chi connectivity index (χ2v) is 11.9. The molecule has 0 aliphatic carbocycles. The topological polar surface area (TPSA) is 79.1 Å². The molecule has 0 saturated carbocycles. The smallest absolute Gasteiger partial charge is 0.406 e. The first-order valence-electron chi connectivity index (χ1n) is 13.8. The molecular formula is C30H39F3N4O3. The molecule has 2 unspecified atom stereocenters. The van der Waals surface area contributed by atoms with Gasteiger partial charge in [-0.05, 0) is 47.4 Å². The summed E-state index contributed by atoms with van der Waals surface area (Å²) in [6.45, 7) is 9.35. The van der Waals surface area contributed by atoms with Crippen LogP contribution in [0.15, 0.2) is 54.6 Å². The Bertz CT molecular complexity index is 1140. The van der Waals surface area contributed by atoms with Gasteiger partial charge in [0.05, 0.1) is 6.04 Å². The molecule has 10 heteroatoms. The van der Waals surface area contributed by atoms with Gasteiger partial charge in [0.2, 0.25) is 5.91 Å². The molecule has 2 aromatic carbocycles. The van der Waals surface area contributed by atoms with Crippen molar-refractivity contribution in [1.82, 2.24) is 14.7 Å². The van der Waals surface area contributed by atoms with Crippen LogP contribution in [-0.4, -0.2) is 71.8 Å². The summed E-state index contributed by atoms with van der Waals surface area (Å²) in [6.07, 6.45) is -2.78. The van der Waals surface area contributed by atoms with Gasteiger partial charge in [-0.3, -0.25) is 9.69 Å². The van der Waals surface area contributed by atoms with Crippen molar-refractivity contribution in [3.63, 3.8) is 0 Å². The molecule has 2 N–H and O–H groups in total. The number of hydrogen-bond acceptors (Lipinski definition) is 4. The second-order valence-electron chi connectivity index (χ2n) is 11.9. The van der Waals surface area contributed by atoms with Gasteiger partial charge in [-0.2, -0.15) is 0 Å². The minimum absolute atomic E-state index is 0.0569. The maximum Gasteiger partial charge on any atom is 0.573 e. The van der Waals surface area contributed by atoms with Crippen molar-refractivity contribution in [3.8, 4) is 5.75 Å². The average Bonchev–Trinajstić information content (AvgIpc) is 2.89. The third kappa shape index (κ3) is 7.47. The molecule has 0 aromatic heterocycles. The molecule has 0 spiro atoms. The zero-order valence-electron chi connectivity index (χ0n) is 23.4. The van der Waals surface area contributed by atoms with Crippen LogP contribution < -0.4 is 10.5 Å². The number of primary amides is 1. The third-order valence-corrected chi connectivity index (χ3v) is 8.03. The number of benzene rings is 2. The van der Waals surface area contributed by atoms with E-state index >= 15 is 0 Å². The van der Waals surface area contributed by atoms with Gasteiger partial charge in [0, 0.05) is 45.2 Å². The molecule has 2 aliphatic rings. The lowest BCUT2D eigenvalue weighted by Gasteiger charge is -2.50. The largest absolute Gasteiger partial charge is 0.573 e. The van der Waals surface area contributed by atoms with E-state index in [1.807, 2.05) is 35.2 Å². The van der Waals surface area contributed by atoms with Crippen LogP contribution in [0.2, 0.25) is 0 Å². The van der Waals surface area contributed by atoms with Crippen molar-refractivity contribution in [2.75, 3.05) is 32.7 Å². The van der Waals surface area contributed by atoms with Crippen LogP contribution in [0.3, 0.4) is 0 Å². The molecule has 2 fully saturated rings. The Kier molecular flexibility index (Phi) is 8.97. The number of piperidine rings is 1. The molecule has 0 radical (unpaired) electrons. The highest BCUT2D eigenvalue weighted by molar-refractivity contribution is 5.77. The van der Waals surface area contributed by atoms with Crippen LogP contribution in [0, 0.1) is 11.3 Å². The molecule has 3 amide bonds. The first-order chi connectivity index (χ1) is 18.8. The molecule has 7 nitrogen and oxygen atoms in total. The highest BCUT2D eigenvalue weighted by atomic mass is 19.4. The summed E-state index contributed by atoms with van der Waals surface area (Å²) in [5.74, 6) is 0.0889. The molecule has 4 rings (SSSR count). The summed E-state index contributed by atoms with van der Waals surface area (Å²) in [6, 6.07) is 15.3. The Balaban J connectivity index is 1.53. The van der Waals surface area contributed by atoms with E-state index in [0.29, 0.717) is 39.1 Å². The molecular weight excluding hydrogens is 521 g/mol. The number of ether oxygens (including phenoxy) is 1. The SMILES string of the molecule is CC(C)(C)C1CN(C(c2ccccc2)c2ccc(OC(F)(F)F)cc2)CCN1C(=O)CC1CCN(C(N)=O)CC1. The van der Waals surface area contributed by atoms with Crippen molar-refractivity contribution >= 4 is 11.9 Å². The molecule has 0 bridgehead atoms. The van der Waals surface area contributed by atoms with Crippen molar-refractivity contribution in [2.24, 2.45) is 17.1 Å². The van der Waals surface area contributed by atoms with Crippen LogP contribution in [0.25, 0.3) is 0 Å². The van der Waals surface area contributed by atoms with Gasteiger partial charge < -0.3 is 20.3 Å². The zero-order chi connectivity index (χ0) is 29.1. The van der Waals surface area contributed by atoms with E-state index in [1.165, 1.54) is 12.1 Å². The minimum Gasteiger partial charge on any atom is -0.406 e. The number of piperazine rings is 1. The first kappa shape index (κ1) is 29.7. The Morgan fingerprint density at radius 1 is 0.925 bits per heavy atom. The summed E-state index contributed by atoms with van der Waals surface area (Å²) in [5, 5.41) is 0. The molecule has 40 heavy (non-hydrogen) atoms. The van der Waals surface area contributed by atoms with Gasteiger partial charge in [0.25, 0.3) is 0 Å². The van der Waals surface area contributed by atoms with Crippen LogP contribution in [0.1, 0.15) is 57.2 Å². The van der Waals surface area contributed by atoms with Crippen molar-refractivity contribution in [3.05, 3.63) is 65.7 Å². The van der Waals surface area contributed by atoms with Crippen molar-refractivity contribution < 1.29 is 27.5 Å². The summed E-state index contributed by atoms with van der Waals surface area (Å²) in [5.41, 5.74) is 7.09. The molecule has 2 aromatic rings. The van der Waals surface area contributed by atoms with E-state index in [9.17, 15) is 22.8 Å². The fourth-order valence-electron chi connectivity index (χ4n) is 5.90. The van der Waals surface area contributed by atoms with Gasteiger partial charge in [-0.1, -0.05) is 63.2 Å². The van der Waals surface area contributed by atoms with Crippen LogP contribution in [-0.2, 0) is 4.79 Å². The van der Waals surface area contributed by atoms with Crippen LogP contribution >= 0.6 is 0 Å². The summed E-state index contributed by atoms with van der Waals surface area (Å²) >= 11 is 0. The number of alkyl halides is 3. The second kappa shape index (κ2) is 12.1. The predicted octanol–water partition coefficient (Wildman–Crippen LogP) is 5.41. The van der Waals surface area contributed by atoms with E-state index in [0.717, 1.165) is 24.0 Å². The number of likely N-dealkylation sites (tertiary alicyclic amines) is 1. The fourth-order valence-corrected chi connectivity index (χ4v) is 5.90. The summed E-state index contributed by atoms with van der Waals surface area (Å²) < 4.78 is 42.3. The number of rotatable bonds is 6. The predicted molar refractivity (Wildman–Crippen MR) is 146 cm³/mol. The third-order valence-electron chi connectivity index (χ3n) is 8.03. The number of carbonyl (C=O) groups is 2. The quantitative estimate of drug-likeness (QED) is 0.512. The standard InChI is InChI=1S/C30H39F3N4O3/c1-29(2,3)25-20-36(17-18-37(25)26(38)19-21-13-15-35(16-14-21)28(34)39)27(22-7-5-4-6-8-22)23-9-11-24(12-10-23)40-30(31,32)33/h4-12,21,25,27H,13-20H2,1-3H3,(H2,34,39). The lowest BCUT2D eigenvalue weighted by Crippen LogP contribution is -2.60. The lowest BCUT2D eigenvalue weighted by atomic mass is 9.82. The summed E-state index contributed by atoms with van der Waals surface area (Å²) in [7, 11) is 0. The molecule has 2 saturated heterocycles. The summed E-state index contributed by atoms with van der Waals surface area (Å²) in [4.78, 5) is 31.0. The number of nitrogens with zero attached hydrogens (tertiary/aromatic N) is 3. The van der Waals surface area contributed by atoms with Crippen molar-refractivity contribution in [1.29, 1.82) is 0 Å². The maximum absolute atomic E-state index is 13.6. The molecule has 218 valence electrons. The molecule has 2 atom stereocenters. The first-order valence-corrected chi connectivity index (χ1v) is 13.8. The highest BCUT2D eigenvalue weighted by Crippen LogP contribution is 2.36. The Labute approximate surface area is 234 Å². The fraction of sp³-hybridized carbons (Fsp3) is 0.533. The van der Waals surface area contributed by atoms with E-state index < -0.39 is 12.4 Å². The van der Waals surface area contributed by atoms with E-state index in [-0.39, 0.29) is 35.1 Å². The maximum atomic E-state index is 13.6. The van der Waals surface area contributed by atoms with Gasteiger partial charge in [-0.25, -0.2) is 4.79 Å². The minimum atomic E-state index is -4.75. The number of nitrogens with two attached hydrogens (primary N) is 1. The number of halogens is 3. The van der Waals surface area contributed by atoms with Gasteiger partial charge in [0.15, 0.2) is 0 Å². The monoisotopic (exact) mass is 560 g/mol. The van der Waals surface area contributed by atoms with Crippen molar-refractivity contribution in [2.45, 2.75) is 58.5 Å². The Hall–Kier alpha value is -3.27. The van der Waals surface area contributed by atoms with Gasteiger partial charge in [0.1, 0.15) is 5.75 Å². The number of hydrogen-bond donors (Lipinski definition) is 1. The van der Waals surface area contributed by atoms with Crippen LogP contribution in [0.4, 0.5) is 18.0 Å². The van der Waals surface area contributed by atoms with Gasteiger partial charge in [-0.15, -0.1) is 13.2 Å². The molecule has 2 aliphatic heterocycles.